The summed E-state index contributed by atoms with van der Waals surface area (Å²) >= 11 is 0. The van der Waals surface area contributed by atoms with Crippen LogP contribution in [0.3, 0.4) is 0 Å². The lowest BCUT2D eigenvalue weighted by Gasteiger charge is -2.23. The van der Waals surface area contributed by atoms with Gasteiger partial charge in [-0.2, -0.15) is 0 Å². The molecular weight excluding hydrogens is 136 g/mol. The lowest BCUT2D eigenvalue weighted by Crippen LogP contribution is -2.23. The number of terminal acetylenes is 1. The predicted octanol–water partition coefficient (Wildman–Crippen LogP) is 1.42. The fraction of sp³-hybridized carbons (Fsp3) is 0.800. The Labute approximate surface area is 67.8 Å². The summed E-state index contributed by atoms with van der Waals surface area (Å²) in [5.41, 5.74) is 0. The summed E-state index contributed by atoms with van der Waals surface area (Å²) in [5, 5.41) is 9.44. The van der Waals surface area contributed by atoms with Crippen LogP contribution in [0.25, 0.3) is 0 Å². The molecule has 3 unspecified atom stereocenters. The molecule has 2 aliphatic carbocycles. The first-order valence-corrected chi connectivity index (χ1v) is 4.45. The number of hydrogen-bond donors (Lipinski definition) is 1. The molecule has 2 aliphatic rings. The predicted molar refractivity (Wildman–Crippen MR) is 43.8 cm³/mol. The van der Waals surface area contributed by atoms with Gasteiger partial charge in [0, 0.05) is 0 Å². The van der Waals surface area contributed by atoms with E-state index in [1.807, 2.05) is 0 Å². The van der Waals surface area contributed by atoms with Crippen molar-refractivity contribution < 1.29 is 5.11 Å². The molecule has 2 rings (SSSR count). The quantitative estimate of drug-likeness (QED) is 0.560. The van der Waals surface area contributed by atoms with Crippen molar-refractivity contribution in [3.05, 3.63) is 0 Å². The van der Waals surface area contributed by atoms with Gasteiger partial charge in [0.1, 0.15) is 6.10 Å². The van der Waals surface area contributed by atoms with E-state index in [0.717, 1.165) is 11.8 Å². The third-order valence-corrected chi connectivity index (χ3v) is 3.37. The van der Waals surface area contributed by atoms with Crippen molar-refractivity contribution in [2.24, 2.45) is 17.8 Å². The van der Waals surface area contributed by atoms with Gasteiger partial charge in [-0.1, -0.05) is 12.3 Å². The fourth-order valence-electron chi connectivity index (χ4n) is 2.80. The third-order valence-electron chi connectivity index (χ3n) is 3.37. The second-order valence-electron chi connectivity index (χ2n) is 3.95. The van der Waals surface area contributed by atoms with Crippen molar-refractivity contribution in [3.8, 4) is 12.3 Å². The van der Waals surface area contributed by atoms with Crippen molar-refractivity contribution in [3.63, 3.8) is 0 Å². The summed E-state index contributed by atoms with van der Waals surface area (Å²) in [5.74, 6) is 4.50. The molecule has 4 atom stereocenters. The molecule has 0 saturated heterocycles. The van der Waals surface area contributed by atoms with Gasteiger partial charge in [0.25, 0.3) is 0 Å². The summed E-state index contributed by atoms with van der Waals surface area (Å²) < 4.78 is 0. The molecule has 0 aromatic heterocycles. The topological polar surface area (TPSA) is 20.2 Å². The maximum absolute atomic E-state index is 9.44. The van der Waals surface area contributed by atoms with Gasteiger partial charge in [0.15, 0.2) is 0 Å². The monoisotopic (exact) mass is 150 g/mol. The summed E-state index contributed by atoms with van der Waals surface area (Å²) in [7, 11) is 0. The van der Waals surface area contributed by atoms with E-state index in [0.29, 0.717) is 5.92 Å². The van der Waals surface area contributed by atoms with E-state index in [1.165, 1.54) is 25.7 Å². The maximum Gasteiger partial charge on any atom is 0.117 e. The van der Waals surface area contributed by atoms with Crippen molar-refractivity contribution in [1.29, 1.82) is 0 Å². The first kappa shape index (κ1) is 7.18. The van der Waals surface area contributed by atoms with E-state index in [1.54, 1.807) is 0 Å². The van der Waals surface area contributed by atoms with Crippen LogP contribution in [0.1, 0.15) is 25.7 Å². The van der Waals surface area contributed by atoms with Crippen LogP contribution in [0.4, 0.5) is 0 Å². The van der Waals surface area contributed by atoms with Crippen LogP contribution >= 0.6 is 0 Å². The molecule has 0 aliphatic heterocycles. The SMILES string of the molecule is C#C[C@H](O)C1CC2CCC1C2. The molecule has 2 fully saturated rings. The molecule has 1 heteroatoms. The number of aliphatic hydroxyl groups is 1. The van der Waals surface area contributed by atoms with Gasteiger partial charge in [0.05, 0.1) is 0 Å². The zero-order chi connectivity index (χ0) is 7.84. The molecule has 2 saturated carbocycles. The minimum atomic E-state index is -0.467. The van der Waals surface area contributed by atoms with Crippen molar-refractivity contribution >= 4 is 0 Å². The molecule has 1 nitrogen and oxygen atoms in total. The minimum Gasteiger partial charge on any atom is -0.380 e. The van der Waals surface area contributed by atoms with Crippen LogP contribution in [0.2, 0.25) is 0 Å². The van der Waals surface area contributed by atoms with E-state index < -0.39 is 6.10 Å². The molecule has 2 bridgehead atoms. The molecule has 0 aromatic rings. The molecule has 0 radical (unpaired) electrons. The Bertz CT molecular complexity index is 192. The van der Waals surface area contributed by atoms with E-state index in [9.17, 15) is 5.11 Å². The Morgan fingerprint density at radius 3 is 2.64 bits per heavy atom. The van der Waals surface area contributed by atoms with Crippen molar-refractivity contribution in [1.82, 2.24) is 0 Å². The molecule has 0 heterocycles. The summed E-state index contributed by atoms with van der Waals surface area (Å²) in [4.78, 5) is 0. The van der Waals surface area contributed by atoms with Crippen LogP contribution in [0, 0.1) is 30.1 Å². The molecule has 0 aromatic carbocycles. The average molecular weight is 150 g/mol. The normalized spacial score (nSPS) is 43.8. The van der Waals surface area contributed by atoms with Crippen LogP contribution in [-0.2, 0) is 0 Å². The molecule has 60 valence electrons. The molecule has 0 spiro atoms. The fourth-order valence-corrected chi connectivity index (χ4v) is 2.80. The highest BCUT2D eigenvalue weighted by molar-refractivity contribution is 5.03. The second kappa shape index (κ2) is 2.53. The second-order valence-corrected chi connectivity index (χ2v) is 3.95. The van der Waals surface area contributed by atoms with Crippen LogP contribution in [0.5, 0.6) is 0 Å². The van der Waals surface area contributed by atoms with Gasteiger partial charge >= 0.3 is 0 Å². The lowest BCUT2D eigenvalue weighted by atomic mass is 9.85. The van der Waals surface area contributed by atoms with Gasteiger partial charge in [-0.25, -0.2) is 0 Å². The smallest absolute Gasteiger partial charge is 0.117 e. The molecule has 11 heavy (non-hydrogen) atoms. The van der Waals surface area contributed by atoms with Crippen LogP contribution in [0.15, 0.2) is 0 Å². The molecular formula is C10H14O. The van der Waals surface area contributed by atoms with E-state index >= 15 is 0 Å². The average Bonchev–Trinajstić information content (AvgIpc) is 2.62. The molecule has 0 amide bonds. The van der Waals surface area contributed by atoms with Gasteiger partial charge < -0.3 is 5.11 Å². The number of rotatable bonds is 1. The van der Waals surface area contributed by atoms with E-state index in [4.69, 9.17) is 6.42 Å². The number of hydrogen-bond acceptors (Lipinski definition) is 1. The van der Waals surface area contributed by atoms with Crippen molar-refractivity contribution in [2.75, 3.05) is 0 Å². The first-order chi connectivity index (χ1) is 5.31. The summed E-state index contributed by atoms with van der Waals surface area (Å²) in [6.07, 6.45) is 9.89. The maximum atomic E-state index is 9.44. The zero-order valence-corrected chi connectivity index (χ0v) is 6.66. The van der Waals surface area contributed by atoms with Crippen LogP contribution < -0.4 is 0 Å². The van der Waals surface area contributed by atoms with Crippen LogP contribution in [-0.4, -0.2) is 11.2 Å². The summed E-state index contributed by atoms with van der Waals surface area (Å²) in [6.45, 7) is 0. The lowest BCUT2D eigenvalue weighted by molar-refractivity contribution is 0.122. The van der Waals surface area contributed by atoms with Crippen molar-refractivity contribution in [2.45, 2.75) is 31.8 Å². The number of aliphatic hydroxyl groups excluding tert-OH is 1. The van der Waals surface area contributed by atoms with E-state index in [2.05, 4.69) is 5.92 Å². The Kier molecular flexibility index (Phi) is 1.65. The minimum absolute atomic E-state index is 0.429. The standard InChI is InChI=1S/C10H14O/c1-2-10(11)9-6-7-3-4-8(9)5-7/h1,7-11H,3-6H2/t7?,8?,9?,10-/m0/s1. The highest BCUT2D eigenvalue weighted by Crippen LogP contribution is 2.49. The Morgan fingerprint density at radius 2 is 2.18 bits per heavy atom. The number of fused-ring (bicyclic) bond motifs is 2. The zero-order valence-electron chi connectivity index (χ0n) is 6.66. The highest BCUT2D eigenvalue weighted by Gasteiger charge is 2.42. The van der Waals surface area contributed by atoms with Gasteiger partial charge in [-0.15, -0.1) is 6.42 Å². The van der Waals surface area contributed by atoms with E-state index in [-0.39, 0.29) is 0 Å². The van der Waals surface area contributed by atoms with Gasteiger partial charge in [-0.3, -0.25) is 0 Å². The first-order valence-electron chi connectivity index (χ1n) is 4.45. The molecule has 1 N–H and O–H groups in total. The largest absolute Gasteiger partial charge is 0.380 e. The summed E-state index contributed by atoms with van der Waals surface area (Å²) in [6, 6.07) is 0. The van der Waals surface area contributed by atoms with Gasteiger partial charge in [0.2, 0.25) is 0 Å². The third kappa shape index (κ3) is 1.06. The Balaban J connectivity index is 2.03. The Morgan fingerprint density at radius 1 is 1.36 bits per heavy atom. The Hall–Kier alpha value is -0.480. The van der Waals surface area contributed by atoms with Gasteiger partial charge in [-0.05, 0) is 37.0 Å². The highest BCUT2D eigenvalue weighted by atomic mass is 16.3.